The van der Waals surface area contributed by atoms with Gasteiger partial charge in [-0.3, -0.25) is 5.32 Å². The first-order valence-electron chi connectivity index (χ1n) is 6.75. The summed E-state index contributed by atoms with van der Waals surface area (Å²) >= 11 is 1.55. The maximum Gasteiger partial charge on any atom is 0.276 e. The Hall–Kier alpha value is -1.06. The van der Waals surface area contributed by atoms with Crippen molar-refractivity contribution in [3.63, 3.8) is 0 Å². The summed E-state index contributed by atoms with van der Waals surface area (Å²) in [7, 11) is 0. The molecule has 6 heteroatoms. The molecule has 1 unspecified atom stereocenters. The summed E-state index contributed by atoms with van der Waals surface area (Å²) in [4.78, 5) is 0. The van der Waals surface area contributed by atoms with E-state index in [1.807, 2.05) is 0 Å². The van der Waals surface area contributed by atoms with Gasteiger partial charge in [0.05, 0.1) is 6.07 Å². The minimum Gasteiger partial charge on any atom is -0.416 e. The van der Waals surface area contributed by atoms with Crippen molar-refractivity contribution in [2.24, 2.45) is 0 Å². The van der Waals surface area contributed by atoms with E-state index in [2.05, 4.69) is 35.4 Å². The predicted octanol–water partition coefficient (Wildman–Crippen LogP) is 2.92. The SMILES string of the molecule is CCCNC(C#N)(CC)CCCSc1nnc(C)o1. The minimum absolute atomic E-state index is 0.388. The molecule has 19 heavy (non-hydrogen) atoms. The fourth-order valence-electron chi connectivity index (χ4n) is 1.80. The van der Waals surface area contributed by atoms with Crippen molar-refractivity contribution in [3.8, 4) is 6.07 Å². The average molecular weight is 282 g/mol. The second kappa shape index (κ2) is 8.18. The fourth-order valence-corrected chi connectivity index (χ4v) is 2.54. The zero-order valence-corrected chi connectivity index (χ0v) is 12.7. The van der Waals surface area contributed by atoms with Crippen LogP contribution >= 0.6 is 11.8 Å². The Morgan fingerprint density at radius 3 is 2.74 bits per heavy atom. The van der Waals surface area contributed by atoms with Crippen LogP contribution in [-0.4, -0.2) is 28.0 Å². The molecule has 0 amide bonds. The second-order valence-corrected chi connectivity index (χ2v) is 5.56. The first-order chi connectivity index (χ1) is 9.15. The normalized spacial score (nSPS) is 14.0. The van der Waals surface area contributed by atoms with Crippen LogP contribution in [0.5, 0.6) is 0 Å². The maximum atomic E-state index is 9.36. The molecule has 0 spiro atoms. The maximum absolute atomic E-state index is 9.36. The summed E-state index contributed by atoms with van der Waals surface area (Å²) in [6.45, 7) is 6.83. The molecule has 1 aromatic heterocycles. The van der Waals surface area contributed by atoms with Crippen LogP contribution in [0.3, 0.4) is 0 Å². The van der Waals surface area contributed by atoms with E-state index in [-0.39, 0.29) is 5.54 Å². The van der Waals surface area contributed by atoms with Crippen LogP contribution in [0, 0.1) is 18.3 Å². The van der Waals surface area contributed by atoms with Gasteiger partial charge in [0, 0.05) is 12.7 Å². The molecule has 106 valence electrons. The lowest BCUT2D eigenvalue weighted by Crippen LogP contribution is -2.43. The first kappa shape index (κ1) is 16.0. The van der Waals surface area contributed by atoms with Crippen molar-refractivity contribution in [1.82, 2.24) is 15.5 Å². The molecule has 1 atom stereocenters. The summed E-state index contributed by atoms with van der Waals surface area (Å²) < 4.78 is 5.29. The lowest BCUT2D eigenvalue weighted by Gasteiger charge is -2.26. The van der Waals surface area contributed by atoms with E-state index in [0.717, 1.165) is 38.0 Å². The molecule has 0 radical (unpaired) electrons. The first-order valence-corrected chi connectivity index (χ1v) is 7.73. The highest BCUT2D eigenvalue weighted by atomic mass is 32.2. The van der Waals surface area contributed by atoms with Crippen LogP contribution in [0.15, 0.2) is 9.64 Å². The molecule has 1 N–H and O–H groups in total. The zero-order chi connectivity index (χ0) is 14.1. The largest absolute Gasteiger partial charge is 0.416 e. The third kappa shape index (κ3) is 5.21. The number of hydrogen-bond donors (Lipinski definition) is 1. The molecule has 0 fully saturated rings. The molecule has 0 aliphatic heterocycles. The van der Waals surface area contributed by atoms with Crippen LogP contribution in [0.4, 0.5) is 0 Å². The molecule has 0 saturated carbocycles. The van der Waals surface area contributed by atoms with E-state index in [0.29, 0.717) is 11.1 Å². The fraction of sp³-hybridized carbons (Fsp3) is 0.769. The van der Waals surface area contributed by atoms with Crippen LogP contribution in [0.25, 0.3) is 0 Å². The Kier molecular flexibility index (Phi) is 6.89. The number of aromatic nitrogens is 2. The summed E-state index contributed by atoms with van der Waals surface area (Å²) in [6, 6.07) is 2.43. The standard InChI is InChI=1S/C13H22N4OS/c1-4-8-15-13(5-2,10-14)7-6-9-19-12-17-16-11(3)18-12/h15H,4-9H2,1-3H3. The average Bonchev–Trinajstić information content (AvgIpc) is 2.84. The van der Waals surface area contributed by atoms with Crippen molar-refractivity contribution in [3.05, 3.63) is 5.89 Å². The Balaban J connectivity index is 2.34. The van der Waals surface area contributed by atoms with Gasteiger partial charge in [-0.2, -0.15) is 5.26 Å². The van der Waals surface area contributed by atoms with Gasteiger partial charge in [0.25, 0.3) is 5.22 Å². The molecule has 1 heterocycles. The predicted molar refractivity (Wildman–Crippen MR) is 75.9 cm³/mol. The Bertz CT molecular complexity index is 415. The Labute approximate surface area is 119 Å². The molecule has 1 aromatic rings. The quantitative estimate of drug-likeness (QED) is 0.554. The topological polar surface area (TPSA) is 74.7 Å². The summed E-state index contributed by atoms with van der Waals surface area (Å²) in [5.74, 6) is 1.48. The summed E-state index contributed by atoms with van der Waals surface area (Å²) in [5.41, 5.74) is -0.388. The Morgan fingerprint density at radius 1 is 1.42 bits per heavy atom. The van der Waals surface area contributed by atoms with Gasteiger partial charge in [-0.05, 0) is 32.2 Å². The molecule has 0 aliphatic rings. The monoisotopic (exact) mass is 282 g/mol. The van der Waals surface area contributed by atoms with Gasteiger partial charge >= 0.3 is 0 Å². The highest BCUT2D eigenvalue weighted by Gasteiger charge is 2.26. The van der Waals surface area contributed by atoms with E-state index >= 15 is 0 Å². The van der Waals surface area contributed by atoms with E-state index in [1.54, 1.807) is 18.7 Å². The lowest BCUT2D eigenvalue weighted by atomic mass is 9.92. The number of thioether (sulfide) groups is 1. The Morgan fingerprint density at radius 2 is 2.21 bits per heavy atom. The summed E-state index contributed by atoms with van der Waals surface area (Å²) in [6.07, 6.45) is 3.66. The lowest BCUT2D eigenvalue weighted by molar-refractivity contribution is 0.371. The molecule has 5 nitrogen and oxygen atoms in total. The molecule has 0 aliphatic carbocycles. The van der Waals surface area contributed by atoms with Gasteiger partial charge in [0.15, 0.2) is 0 Å². The van der Waals surface area contributed by atoms with E-state index in [9.17, 15) is 5.26 Å². The van der Waals surface area contributed by atoms with Crippen LogP contribution < -0.4 is 5.32 Å². The molecule has 1 rings (SSSR count). The number of rotatable bonds is 9. The second-order valence-electron chi connectivity index (χ2n) is 4.51. The smallest absolute Gasteiger partial charge is 0.276 e. The van der Waals surface area contributed by atoms with Crippen molar-refractivity contribution in [1.29, 1.82) is 5.26 Å². The van der Waals surface area contributed by atoms with E-state index in [1.165, 1.54) is 0 Å². The van der Waals surface area contributed by atoms with Crippen molar-refractivity contribution >= 4 is 11.8 Å². The highest BCUT2D eigenvalue weighted by Crippen LogP contribution is 2.22. The molecule has 0 aromatic carbocycles. The molecular weight excluding hydrogens is 260 g/mol. The molecular formula is C13H22N4OS. The number of nitrogens with zero attached hydrogens (tertiary/aromatic N) is 3. The van der Waals surface area contributed by atoms with Crippen molar-refractivity contribution < 1.29 is 4.42 Å². The molecule has 0 bridgehead atoms. The van der Waals surface area contributed by atoms with Gasteiger partial charge in [-0.1, -0.05) is 25.6 Å². The third-order valence-corrected chi connectivity index (χ3v) is 3.92. The van der Waals surface area contributed by atoms with Gasteiger partial charge in [-0.25, -0.2) is 0 Å². The number of nitrogens with one attached hydrogen (secondary N) is 1. The van der Waals surface area contributed by atoms with Gasteiger partial charge in [0.2, 0.25) is 5.89 Å². The number of aryl methyl sites for hydroxylation is 1. The van der Waals surface area contributed by atoms with Gasteiger partial charge in [-0.15, -0.1) is 10.2 Å². The summed E-state index contributed by atoms with van der Waals surface area (Å²) in [5, 5.41) is 21.1. The zero-order valence-electron chi connectivity index (χ0n) is 11.9. The minimum atomic E-state index is -0.388. The third-order valence-electron chi connectivity index (χ3n) is 3.01. The van der Waals surface area contributed by atoms with Crippen molar-refractivity contribution in [2.75, 3.05) is 12.3 Å². The van der Waals surface area contributed by atoms with Crippen molar-refractivity contribution in [2.45, 2.75) is 57.2 Å². The molecule has 0 saturated heterocycles. The van der Waals surface area contributed by atoms with Crippen LogP contribution in [-0.2, 0) is 0 Å². The van der Waals surface area contributed by atoms with Gasteiger partial charge < -0.3 is 4.42 Å². The van der Waals surface area contributed by atoms with Gasteiger partial charge in [0.1, 0.15) is 5.54 Å². The van der Waals surface area contributed by atoms with Crippen LogP contribution in [0.1, 0.15) is 45.4 Å². The van der Waals surface area contributed by atoms with Crippen LogP contribution in [0.2, 0.25) is 0 Å². The van der Waals surface area contributed by atoms with E-state index in [4.69, 9.17) is 4.42 Å². The van der Waals surface area contributed by atoms with E-state index < -0.39 is 0 Å². The number of hydrogen-bond acceptors (Lipinski definition) is 6. The number of nitriles is 1. The highest BCUT2D eigenvalue weighted by molar-refractivity contribution is 7.99.